The van der Waals surface area contributed by atoms with Crippen molar-refractivity contribution in [2.45, 2.75) is 19.4 Å². The average Bonchev–Trinajstić information content (AvgIpc) is 3.00. The lowest BCUT2D eigenvalue weighted by Crippen LogP contribution is -2.13. The Bertz CT molecular complexity index is 554. The molecule has 6 heteroatoms. The Balaban J connectivity index is 2.13. The van der Waals surface area contributed by atoms with Crippen molar-refractivity contribution in [3.63, 3.8) is 0 Å². The average molecular weight is 232 g/mol. The quantitative estimate of drug-likeness (QED) is 0.850. The molecule has 0 atom stereocenters. The largest absolute Gasteiger partial charge is 0.368 e. The lowest BCUT2D eigenvalue weighted by molar-refractivity contribution is 0.638. The van der Waals surface area contributed by atoms with Crippen LogP contribution in [0, 0.1) is 5.92 Å². The molecule has 6 nitrogen and oxygen atoms in total. The zero-order valence-electron chi connectivity index (χ0n) is 10.1. The number of fused-ring (bicyclic) bond motifs is 1. The fourth-order valence-corrected chi connectivity index (χ4v) is 1.97. The first-order valence-corrected chi connectivity index (χ1v) is 5.81. The Morgan fingerprint density at radius 1 is 1.41 bits per heavy atom. The molecular formula is C11H16N6. The van der Waals surface area contributed by atoms with Crippen LogP contribution in [0.15, 0.2) is 6.33 Å². The standard InChI is InChI=1S/C11H16N6/c1-16(2)9-8-10(15-11(12)14-9)17(6-13-8)5-7-3-4-7/h6-7H,3-5H2,1-2H3,(H2,12,14,15). The summed E-state index contributed by atoms with van der Waals surface area (Å²) >= 11 is 0. The van der Waals surface area contributed by atoms with Crippen molar-refractivity contribution >= 4 is 22.9 Å². The summed E-state index contributed by atoms with van der Waals surface area (Å²) < 4.78 is 2.08. The normalized spacial score (nSPS) is 15.4. The van der Waals surface area contributed by atoms with E-state index in [2.05, 4.69) is 19.5 Å². The number of nitrogens with two attached hydrogens (primary N) is 1. The zero-order valence-corrected chi connectivity index (χ0v) is 10.1. The van der Waals surface area contributed by atoms with E-state index in [1.165, 1.54) is 12.8 Å². The third kappa shape index (κ3) is 1.79. The highest BCUT2D eigenvalue weighted by molar-refractivity contribution is 5.84. The van der Waals surface area contributed by atoms with Crippen LogP contribution in [0.4, 0.5) is 11.8 Å². The number of rotatable bonds is 3. The van der Waals surface area contributed by atoms with Crippen LogP contribution in [0.1, 0.15) is 12.8 Å². The van der Waals surface area contributed by atoms with Crippen molar-refractivity contribution in [3.8, 4) is 0 Å². The van der Waals surface area contributed by atoms with Gasteiger partial charge in [-0.25, -0.2) is 4.98 Å². The Labute approximate surface area is 99.5 Å². The molecular weight excluding hydrogens is 216 g/mol. The third-order valence-corrected chi connectivity index (χ3v) is 3.04. The van der Waals surface area contributed by atoms with Gasteiger partial charge in [-0.3, -0.25) is 0 Å². The number of hydrogen-bond donors (Lipinski definition) is 1. The van der Waals surface area contributed by atoms with Gasteiger partial charge in [0.2, 0.25) is 5.95 Å². The molecule has 0 aliphatic heterocycles. The predicted molar refractivity (Wildman–Crippen MR) is 66.8 cm³/mol. The third-order valence-electron chi connectivity index (χ3n) is 3.04. The Morgan fingerprint density at radius 2 is 2.18 bits per heavy atom. The van der Waals surface area contributed by atoms with Gasteiger partial charge in [0.05, 0.1) is 6.33 Å². The first-order chi connectivity index (χ1) is 8.15. The molecule has 1 saturated carbocycles. The minimum atomic E-state index is 0.304. The van der Waals surface area contributed by atoms with Crippen LogP contribution in [-0.4, -0.2) is 33.6 Å². The zero-order chi connectivity index (χ0) is 12.0. The molecule has 2 N–H and O–H groups in total. The number of anilines is 2. The van der Waals surface area contributed by atoms with Crippen LogP contribution in [0.2, 0.25) is 0 Å². The number of hydrogen-bond acceptors (Lipinski definition) is 5. The summed E-state index contributed by atoms with van der Waals surface area (Å²) in [6.45, 7) is 0.986. The molecule has 0 saturated heterocycles. The van der Waals surface area contributed by atoms with Gasteiger partial charge < -0.3 is 15.2 Å². The molecule has 3 rings (SSSR count). The first kappa shape index (κ1) is 10.3. The molecule has 0 bridgehead atoms. The Morgan fingerprint density at radius 3 is 2.82 bits per heavy atom. The van der Waals surface area contributed by atoms with E-state index in [9.17, 15) is 0 Å². The lowest BCUT2D eigenvalue weighted by atomic mass is 10.4. The number of aromatic nitrogens is 4. The molecule has 1 aliphatic carbocycles. The maximum absolute atomic E-state index is 5.75. The first-order valence-electron chi connectivity index (χ1n) is 5.81. The van der Waals surface area contributed by atoms with Crippen molar-refractivity contribution in [1.82, 2.24) is 19.5 Å². The van der Waals surface area contributed by atoms with Crippen molar-refractivity contribution in [3.05, 3.63) is 6.33 Å². The summed E-state index contributed by atoms with van der Waals surface area (Å²) in [5, 5.41) is 0. The number of nitrogen functional groups attached to an aromatic ring is 1. The monoisotopic (exact) mass is 232 g/mol. The van der Waals surface area contributed by atoms with Gasteiger partial charge in [-0.2, -0.15) is 9.97 Å². The Hall–Kier alpha value is -1.85. The smallest absolute Gasteiger partial charge is 0.224 e. The minimum Gasteiger partial charge on any atom is -0.368 e. The molecule has 2 aromatic rings. The van der Waals surface area contributed by atoms with Crippen LogP contribution in [0.25, 0.3) is 11.2 Å². The fraction of sp³-hybridized carbons (Fsp3) is 0.545. The molecule has 0 amide bonds. The van der Waals surface area contributed by atoms with Crippen LogP contribution >= 0.6 is 0 Å². The van der Waals surface area contributed by atoms with Gasteiger partial charge >= 0.3 is 0 Å². The van der Waals surface area contributed by atoms with E-state index in [1.54, 1.807) is 0 Å². The van der Waals surface area contributed by atoms with Crippen LogP contribution in [0.3, 0.4) is 0 Å². The second-order valence-electron chi connectivity index (χ2n) is 4.81. The highest BCUT2D eigenvalue weighted by Gasteiger charge is 2.23. The van der Waals surface area contributed by atoms with E-state index < -0.39 is 0 Å². The van der Waals surface area contributed by atoms with Gasteiger partial charge in [0.15, 0.2) is 17.0 Å². The van der Waals surface area contributed by atoms with Crippen molar-refractivity contribution in [1.29, 1.82) is 0 Å². The van der Waals surface area contributed by atoms with Gasteiger partial charge in [-0.1, -0.05) is 0 Å². The topological polar surface area (TPSA) is 72.9 Å². The van der Waals surface area contributed by atoms with Gasteiger partial charge in [-0.05, 0) is 18.8 Å². The van der Waals surface area contributed by atoms with Crippen LogP contribution in [0.5, 0.6) is 0 Å². The molecule has 1 aliphatic rings. The van der Waals surface area contributed by atoms with E-state index in [-0.39, 0.29) is 0 Å². The highest BCUT2D eigenvalue weighted by Crippen LogP contribution is 2.32. The summed E-state index contributed by atoms with van der Waals surface area (Å²) in [6.07, 6.45) is 4.45. The summed E-state index contributed by atoms with van der Waals surface area (Å²) in [6, 6.07) is 0. The summed E-state index contributed by atoms with van der Waals surface area (Å²) in [7, 11) is 3.86. The SMILES string of the molecule is CN(C)c1nc(N)nc2c1ncn2CC1CC1. The van der Waals surface area contributed by atoms with E-state index in [4.69, 9.17) is 5.73 Å². The van der Waals surface area contributed by atoms with E-state index in [0.29, 0.717) is 5.95 Å². The molecule has 0 radical (unpaired) electrons. The van der Waals surface area contributed by atoms with Crippen molar-refractivity contribution in [2.24, 2.45) is 5.92 Å². The molecule has 1 fully saturated rings. The molecule has 90 valence electrons. The maximum atomic E-state index is 5.75. The predicted octanol–water partition coefficient (Wildman–Crippen LogP) is 0.884. The number of imidazole rings is 1. The Kier molecular flexibility index (Phi) is 2.17. The fourth-order valence-electron chi connectivity index (χ4n) is 1.97. The second kappa shape index (κ2) is 3.58. The highest BCUT2D eigenvalue weighted by atomic mass is 15.2. The molecule has 17 heavy (non-hydrogen) atoms. The maximum Gasteiger partial charge on any atom is 0.224 e. The van der Waals surface area contributed by atoms with Crippen molar-refractivity contribution < 1.29 is 0 Å². The van der Waals surface area contributed by atoms with E-state index >= 15 is 0 Å². The molecule has 0 unspecified atom stereocenters. The van der Waals surface area contributed by atoms with Gasteiger partial charge in [-0.15, -0.1) is 0 Å². The van der Waals surface area contributed by atoms with Gasteiger partial charge in [0, 0.05) is 20.6 Å². The summed E-state index contributed by atoms with van der Waals surface area (Å²) in [4.78, 5) is 14.8. The van der Waals surface area contributed by atoms with Crippen LogP contribution < -0.4 is 10.6 Å². The van der Waals surface area contributed by atoms with Crippen molar-refractivity contribution in [2.75, 3.05) is 24.7 Å². The molecule has 0 aromatic carbocycles. The summed E-state index contributed by atoms with van der Waals surface area (Å²) in [5.41, 5.74) is 7.41. The molecule has 0 spiro atoms. The number of nitrogens with zero attached hydrogens (tertiary/aromatic N) is 5. The second-order valence-corrected chi connectivity index (χ2v) is 4.81. The van der Waals surface area contributed by atoms with Crippen LogP contribution in [-0.2, 0) is 6.54 Å². The molecule has 2 heterocycles. The van der Waals surface area contributed by atoms with E-state index in [0.717, 1.165) is 29.4 Å². The lowest BCUT2D eigenvalue weighted by Gasteiger charge is -2.12. The summed E-state index contributed by atoms with van der Waals surface area (Å²) in [5.74, 6) is 1.87. The van der Waals surface area contributed by atoms with Gasteiger partial charge in [0.1, 0.15) is 0 Å². The van der Waals surface area contributed by atoms with Gasteiger partial charge in [0.25, 0.3) is 0 Å². The minimum absolute atomic E-state index is 0.304. The molecule has 2 aromatic heterocycles. The van der Waals surface area contributed by atoms with E-state index in [1.807, 2.05) is 25.3 Å².